The first kappa shape index (κ1) is 5.56. The second-order valence-electron chi connectivity index (χ2n) is 4.12. The average molecular weight is 138 g/mol. The van der Waals surface area contributed by atoms with Crippen LogP contribution in [0.4, 0.5) is 0 Å². The molecule has 0 amide bonds. The fourth-order valence-corrected chi connectivity index (χ4v) is 2.68. The summed E-state index contributed by atoms with van der Waals surface area (Å²) in [7, 11) is 0. The lowest BCUT2D eigenvalue weighted by Crippen LogP contribution is -2.33. The summed E-state index contributed by atoms with van der Waals surface area (Å²) < 4.78 is 0. The molecule has 1 saturated heterocycles. The van der Waals surface area contributed by atoms with Crippen molar-refractivity contribution in [3.05, 3.63) is 0 Å². The Labute approximate surface area is 61.3 Å². The summed E-state index contributed by atoms with van der Waals surface area (Å²) in [5.41, 5.74) is 6.62. The van der Waals surface area contributed by atoms with E-state index in [4.69, 9.17) is 0 Å². The van der Waals surface area contributed by atoms with Gasteiger partial charge in [0.25, 0.3) is 0 Å². The van der Waals surface area contributed by atoms with E-state index in [-0.39, 0.29) is 0 Å². The van der Waals surface area contributed by atoms with Crippen LogP contribution in [0.5, 0.6) is 0 Å². The third kappa shape index (κ3) is 0.663. The van der Waals surface area contributed by atoms with E-state index in [1.54, 1.807) is 0 Å². The van der Waals surface area contributed by atoms with Gasteiger partial charge in [0.05, 0.1) is 0 Å². The van der Waals surface area contributed by atoms with Crippen molar-refractivity contribution >= 4 is 0 Å². The quantitative estimate of drug-likeness (QED) is 0.509. The van der Waals surface area contributed by atoms with Gasteiger partial charge in [-0.2, -0.15) is 0 Å². The summed E-state index contributed by atoms with van der Waals surface area (Å²) in [5.74, 6) is 3.19. The van der Waals surface area contributed by atoms with Crippen LogP contribution in [-0.4, -0.2) is 12.6 Å². The Morgan fingerprint density at radius 1 is 0.900 bits per heavy atom. The van der Waals surface area contributed by atoms with E-state index in [0.29, 0.717) is 0 Å². The van der Waals surface area contributed by atoms with Crippen LogP contribution in [0.25, 0.3) is 0 Å². The van der Waals surface area contributed by atoms with Crippen molar-refractivity contribution in [2.75, 3.05) is 6.54 Å². The second kappa shape index (κ2) is 1.74. The minimum absolute atomic E-state index is 0.823. The molecular formula is C8H14N2. The van der Waals surface area contributed by atoms with Gasteiger partial charge in [-0.25, -0.2) is 0 Å². The van der Waals surface area contributed by atoms with E-state index in [1.807, 2.05) is 0 Å². The molecule has 4 atom stereocenters. The molecular weight excluding hydrogens is 124 g/mol. The van der Waals surface area contributed by atoms with Crippen LogP contribution < -0.4 is 10.9 Å². The monoisotopic (exact) mass is 138 g/mol. The highest BCUT2D eigenvalue weighted by molar-refractivity contribution is 5.00. The molecule has 0 spiro atoms. The van der Waals surface area contributed by atoms with E-state index in [9.17, 15) is 0 Å². The molecule has 0 aromatic heterocycles. The second-order valence-corrected chi connectivity index (χ2v) is 4.12. The Bertz CT molecular complexity index is 141. The molecule has 2 heteroatoms. The summed E-state index contributed by atoms with van der Waals surface area (Å²) >= 11 is 0. The Morgan fingerprint density at radius 2 is 1.70 bits per heavy atom. The van der Waals surface area contributed by atoms with Crippen molar-refractivity contribution in [3.8, 4) is 0 Å². The van der Waals surface area contributed by atoms with Crippen molar-refractivity contribution in [3.63, 3.8) is 0 Å². The van der Waals surface area contributed by atoms with Crippen molar-refractivity contribution in [2.24, 2.45) is 17.8 Å². The van der Waals surface area contributed by atoms with E-state index in [0.717, 1.165) is 23.8 Å². The zero-order valence-corrected chi connectivity index (χ0v) is 6.14. The molecule has 3 aliphatic rings. The molecule has 0 aromatic carbocycles. The van der Waals surface area contributed by atoms with E-state index < -0.39 is 0 Å². The van der Waals surface area contributed by atoms with Gasteiger partial charge in [0.1, 0.15) is 0 Å². The molecule has 2 N–H and O–H groups in total. The number of nitrogens with one attached hydrogen (secondary N) is 2. The molecule has 1 heterocycles. The highest BCUT2D eigenvalue weighted by Gasteiger charge is 2.47. The van der Waals surface area contributed by atoms with Gasteiger partial charge in [-0.15, -0.1) is 0 Å². The zero-order chi connectivity index (χ0) is 6.55. The predicted molar refractivity (Wildman–Crippen MR) is 39.2 cm³/mol. The molecule has 2 saturated carbocycles. The van der Waals surface area contributed by atoms with Crippen molar-refractivity contribution < 1.29 is 0 Å². The van der Waals surface area contributed by atoms with Gasteiger partial charge in [0.2, 0.25) is 0 Å². The predicted octanol–water partition coefficient (Wildman–Crippen LogP) is 0.509. The maximum atomic E-state index is 3.37. The first-order valence-corrected chi connectivity index (χ1v) is 4.42. The number of hydrogen-bond donors (Lipinski definition) is 2. The fraction of sp³-hybridized carbons (Fsp3) is 1.00. The minimum atomic E-state index is 0.823. The SMILES string of the molecule is C1C2CC3CNNC3CC12. The maximum absolute atomic E-state index is 3.37. The average Bonchev–Trinajstić information content (AvgIpc) is 2.52. The number of fused-ring (bicyclic) bond motifs is 2. The van der Waals surface area contributed by atoms with E-state index in [2.05, 4.69) is 10.9 Å². The summed E-state index contributed by atoms with van der Waals surface area (Å²) in [6.07, 6.45) is 4.48. The summed E-state index contributed by atoms with van der Waals surface area (Å²) in [6, 6.07) is 0.823. The van der Waals surface area contributed by atoms with Crippen molar-refractivity contribution in [1.29, 1.82) is 0 Å². The van der Waals surface area contributed by atoms with Gasteiger partial charge in [-0.3, -0.25) is 10.9 Å². The molecule has 2 nitrogen and oxygen atoms in total. The molecule has 2 aliphatic carbocycles. The lowest BCUT2D eigenvalue weighted by molar-refractivity contribution is 0.321. The molecule has 0 aromatic rings. The van der Waals surface area contributed by atoms with Gasteiger partial charge in [-0.05, 0) is 37.0 Å². The first-order valence-electron chi connectivity index (χ1n) is 4.42. The maximum Gasteiger partial charge on any atom is 0.0256 e. The van der Waals surface area contributed by atoms with E-state index >= 15 is 0 Å². The normalized spacial score (nSPS) is 57.6. The first-order chi connectivity index (χ1) is 4.93. The minimum Gasteiger partial charge on any atom is -0.257 e. The molecule has 3 fully saturated rings. The lowest BCUT2D eigenvalue weighted by atomic mass is 9.86. The standard InChI is InChI=1S/C8H14N2/c1-5-2-7-4-9-10-8(7)3-6(1)5/h5-10H,1-4H2. The highest BCUT2D eigenvalue weighted by Crippen LogP contribution is 2.51. The molecule has 1 aliphatic heterocycles. The van der Waals surface area contributed by atoms with Crippen molar-refractivity contribution in [1.82, 2.24) is 10.9 Å². The third-order valence-corrected chi connectivity index (χ3v) is 3.45. The Hall–Kier alpha value is -0.0800. The lowest BCUT2D eigenvalue weighted by Gasteiger charge is -2.22. The molecule has 3 rings (SSSR count). The molecule has 0 radical (unpaired) electrons. The van der Waals surface area contributed by atoms with Gasteiger partial charge in [0, 0.05) is 12.6 Å². The van der Waals surface area contributed by atoms with Gasteiger partial charge < -0.3 is 0 Å². The zero-order valence-electron chi connectivity index (χ0n) is 6.14. The van der Waals surface area contributed by atoms with Crippen LogP contribution in [-0.2, 0) is 0 Å². The summed E-state index contributed by atoms with van der Waals surface area (Å²) in [6.45, 7) is 1.22. The van der Waals surface area contributed by atoms with Crippen LogP contribution >= 0.6 is 0 Å². The molecule has 56 valence electrons. The van der Waals surface area contributed by atoms with Crippen LogP contribution in [0.3, 0.4) is 0 Å². The van der Waals surface area contributed by atoms with Crippen LogP contribution in [0, 0.1) is 17.8 Å². The van der Waals surface area contributed by atoms with E-state index in [1.165, 1.54) is 25.8 Å². The number of hydrogen-bond acceptors (Lipinski definition) is 2. The van der Waals surface area contributed by atoms with Gasteiger partial charge in [-0.1, -0.05) is 0 Å². The van der Waals surface area contributed by atoms with Gasteiger partial charge >= 0.3 is 0 Å². The number of rotatable bonds is 0. The van der Waals surface area contributed by atoms with Crippen LogP contribution in [0.15, 0.2) is 0 Å². The number of hydrazine groups is 1. The summed E-state index contributed by atoms with van der Waals surface area (Å²) in [4.78, 5) is 0. The Balaban J connectivity index is 1.78. The van der Waals surface area contributed by atoms with Crippen LogP contribution in [0.2, 0.25) is 0 Å². The molecule has 4 unspecified atom stereocenters. The highest BCUT2D eigenvalue weighted by atomic mass is 15.4. The van der Waals surface area contributed by atoms with Crippen LogP contribution in [0.1, 0.15) is 19.3 Å². The Morgan fingerprint density at radius 3 is 2.70 bits per heavy atom. The molecule has 0 bridgehead atoms. The van der Waals surface area contributed by atoms with Crippen molar-refractivity contribution in [2.45, 2.75) is 25.3 Å². The molecule has 10 heavy (non-hydrogen) atoms. The Kier molecular flexibility index (Phi) is 0.968. The van der Waals surface area contributed by atoms with Gasteiger partial charge in [0.15, 0.2) is 0 Å². The topological polar surface area (TPSA) is 24.1 Å². The smallest absolute Gasteiger partial charge is 0.0256 e. The largest absolute Gasteiger partial charge is 0.257 e. The fourth-order valence-electron chi connectivity index (χ4n) is 2.68. The third-order valence-electron chi connectivity index (χ3n) is 3.45. The summed E-state index contributed by atoms with van der Waals surface area (Å²) in [5, 5.41) is 0.